The molecule has 0 unspecified atom stereocenters. The molecule has 0 saturated heterocycles. The number of esters is 1. The van der Waals surface area contributed by atoms with Crippen LogP contribution in [0, 0.1) is 0 Å². The lowest BCUT2D eigenvalue weighted by Crippen LogP contribution is -2.25. The van der Waals surface area contributed by atoms with Crippen molar-refractivity contribution in [1.29, 1.82) is 0 Å². The Morgan fingerprint density at radius 2 is 2.14 bits per heavy atom. The van der Waals surface area contributed by atoms with Gasteiger partial charge in [0.25, 0.3) is 5.78 Å². The van der Waals surface area contributed by atoms with Gasteiger partial charge in [0.1, 0.15) is 6.33 Å². The van der Waals surface area contributed by atoms with Gasteiger partial charge in [-0.25, -0.2) is 9.48 Å². The van der Waals surface area contributed by atoms with Crippen LogP contribution in [0.1, 0.15) is 30.3 Å². The van der Waals surface area contributed by atoms with Crippen LogP contribution in [0.2, 0.25) is 0 Å². The van der Waals surface area contributed by atoms with Crippen LogP contribution < -0.4 is 5.56 Å². The Balaban J connectivity index is 2.24. The standard InChI is InChI=1S/C11H12F3N5O3/c1-2-22-9(21)7-8(20)16-10-18(15-6-19(10)17-7)5-3-4-11(12,13)14/h6H,2-5H2,1H3. The summed E-state index contributed by atoms with van der Waals surface area (Å²) in [5.41, 5.74) is -1.43. The van der Waals surface area contributed by atoms with Crippen molar-refractivity contribution >= 4 is 11.7 Å². The Labute approximate surface area is 121 Å². The third kappa shape index (κ3) is 3.59. The molecule has 0 spiro atoms. The molecule has 0 aliphatic heterocycles. The molecule has 0 aromatic carbocycles. The maximum absolute atomic E-state index is 12.1. The van der Waals surface area contributed by atoms with Crippen LogP contribution in [0.5, 0.6) is 0 Å². The minimum Gasteiger partial charge on any atom is -0.461 e. The molecule has 120 valence electrons. The molecule has 0 aliphatic carbocycles. The molecule has 0 radical (unpaired) electrons. The van der Waals surface area contributed by atoms with E-state index in [9.17, 15) is 22.8 Å². The molecule has 8 nitrogen and oxygen atoms in total. The molecule has 0 bridgehead atoms. The van der Waals surface area contributed by atoms with Crippen LogP contribution in [0.3, 0.4) is 0 Å². The van der Waals surface area contributed by atoms with Crippen LogP contribution in [0.25, 0.3) is 5.78 Å². The Morgan fingerprint density at radius 1 is 1.41 bits per heavy atom. The minimum atomic E-state index is -4.26. The number of ether oxygens (including phenoxy) is 1. The second kappa shape index (κ2) is 6.12. The summed E-state index contributed by atoms with van der Waals surface area (Å²) in [6, 6.07) is 0. The monoisotopic (exact) mass is 319 g/mol. The van der Waals surface area contributed by atoms with Crippen molar-refractivity contribution in [3.8, 4) is 0 Å². The molecule has 0 amide bonds. The average Bonchev–Trinajstić information content (AvgIpc) is 2.79. The third-order valence-electron chi connectivity index (χ3n) is 2.65. The second-order valence-corrected chi connectivity index (χ2v) is 4.30. The third-order valence-corrected chi connectivity index (χ3v) is 2.65. The Morgan fingerprint density at radius 3 is 2.77 bits per heavy atom. The molecule has 2 heterocycles. The second-order valence-electron chi connectivity index (χ2n) is 4.30. The first kappa shape index (κ1) is 15.9. The Bertz CT molecular complexity index is 737. The Hall–Kier alpha value is -2.46. The first-order valence-corrected chi connectivity index (χ1v) is 6.38. The van der Waals surface area contributed by atoms with Gasteiger partial charge >= 0.3 is 17.7 Å². The van der Waals surface area contributed by atoms with Crippen molar-refractivity contribution in [2.45, 2.75) is 32.5 Å². The molecular formula is C11H12F3N5O3. The first-order chi connectivity index (χ1) is 10.3. The molecule has 0 N–H and O–H groups in total. The summed E-state index contributed by atoms with van der Waals surface area (Å²) in [6.07, 6.45) is -4.30. The summed E-state index contributed by atoms with van der Waals surface area (Å²) >= 11 is 0. The molecule has 2 aromatic heterocycles. The average molecular weight is 319 g/mol. The van der Waals surface area contributed by atoms with E-state index in [1.807, 2.05) is 0 Å². The van der Waals surface area contributed by atoms with E-state index < -0.39 is 29.8 Å². The van der Waals surface area contributed by atoms with Gasteiger partial charge in [-0.15, -0.1) is 0 Å². The summed E-state index contributed by atoms with van der Waals surface area (Å²) in [4.78, 5) is 26.8. The molecule has 0 aliphatic rings. The summed E-state index contributed by atoms with van der Waals surface area (Å²) in [7, 11) is 0. The van der Waals surface area contributed by atoms with E-state index in [1.54, 1.807) is 6.92 Å². The lowest BCUT2D eigenvalue weighted by atomic mass is 10.3. The fourth-order valence-electron chi connectivity index (χ4n) is 1.72. The number of alkyl halides is 3. The molecule has 2 rings (SSSR count). The molecule has 22 heavy (non-hydrogen) atoms. The van der Waals surface area contributed by atoms with Gasteiger partial charge in [0.05, 0.1) is 6.61 Å². The number of aryl methyl sites for hydroxylation is 1. The molecule has 2 aromatic rings. The van der Waals surface area contributed by atoms with E-state index >= 15 is 0 Å². The highest BCUT2D eigenvalue weighted by molar-refractivity contribution is 5.86. The minimum absolute atomic E-state index is 0.0415. The highest BCUT2D eigenvalue weighted by Gasteiger charge is 2.26. The summed E-state index contributed by atoms with van der Waals surface area (Å²) < 4.78 is 43.2. The first-order valence-electron chi connectivity index (χ1n) is 6.38. The highest BCUT2D eigenvalue weighted by atomic mass is 19.4. The van der Waals surface area contributed by atoms with Gasteiger partial charge in [-0.05, 0) is 13.3 Å². The van der Waals surface area contributed by atoms with E-state index in [0.717, 1.165) is 15.5 Å². The number of hydrogen-bond acceptors (Lipinski definition) is 6. The zero-order valence-corrected chi connectivity index (χ0v) is 11.5. The molecule has 0 fully saturated rings. The van der Waals surface area contributed by atoms with Crippen molar-refractivity contribution in [2.24, 2.45) is 0 Å². The van der Waals surface area contributed by atoms with Crippen LogP contribution in [-0.2, 0) is 11.3 Å². The number of rotatable bonds is 5. The van der Waals surface area contributed by atoms with Crippen LogP contribution in [0.15, 0.2) is 11.1 Å². The quantitative estimate of drug-likeness (QED) is 0.757. The number of hydrogen-bond donors (Lipinski definition) is 0. The predicted octanol–water partition coefficient (Wildman–Crippen LogP) is 0.805. The smallest absolute Gasteiger partial charge is 0.389 e. The van der Waals surface area contributed by atoms with Gasteiger partial charge in [-0.2, -0.15) is 32.9 Å². The van der Waals surface area contributed by atoms with Gasteiger partial charge < -0.3 is 4.74 Å². The highest BCUT2D eigenvalue weighted by Crippen LogP contribution is 2.21. The summed E-state index contributed by atoms with van der Waals surface area (Å²) in [6.45, 7) is 1.56. The normalized spacial score (nSPS) is 11.8. The van der Waals surface area contributed by atoms with Gasteiger partial charge in [-0.3, -0.25) is 4.79 Å². The maximum atomic E-state index is 12.1. The lowest BCUT2D eigenvalue weighted by molar-refractivity contribution is -0.135. The van der Waals surface area contributed by atoms with Crippen LogP contribution in [-0.4, -0.2) is 43.1 Å². The van der Waals surface area contributed by atoms with Crippen molar-refractivity contribution in [3.05, 3.63) is 22.4 Å². The van der Waals surface area contributed by atoms with Crippen molar-refractivity contribution in [3.63, 3.8) is 0 Å². The largest absolute Gasteiger partial charge is 0.461 e. The topological polar surface area (TPSA) is 91.4 Å². The van der Waals surface area contributed by atoms with Crippen LogP contribution in [0.4, 0.5) is 13.2 Å². The van der Waals surface area contributed by atoms with E-state index in [0.29, 0.717) is 0 Å². The van der Waals surface area contributed by atoms with Crippen molar-refractivity contribution < 1.29 is 22.7 Å². The van der Waals surface area contributed by atoms with E-state index in [-0.39, 0.29) is 25.4 Å². The number of halogens is 3. The number of aromatic nitrogens is 5. The molecular weight excluding hydrogens is 307 g/mol. The number of carbonyl (C=O) groups excluding carboxylic acids is 1. The maximum Gasteiger partial charge on any atom is 0.389 e. The molecule has 11 heteroatoms. The van der Waals surface area contributed by atoms with Crippen molar-refractivity contribution in [1.82, 2.24) is 24.4 Å². The summed E-state index contributed by atoms with van der Waals surface area (Å²) in [5.74, 6) is -0.959. The summed E-state index contributed by atoms with van der Waals surface area (Å²) in [5, 5.41) is 7.53. The fourth-order valence-corrected chi connectivity index (χ4v) is 1.72. The van der Waals surface area contributed by atoms with Gasteiger partial charge in [0.15, 0.2) is 0 Å². The fraction of sp³-hybridized carbons (Fsp3) is 0.545. The Kier molecular flexibility index (Phi) is 4.43. The number of nitrogens with zero attached hydrogens (tertiary/aromatic N) is 5. The number of carbonyl (C=O) groups is 1. The van der Waals surface area contributed by atoms with E-state index in [1.165, 1.54) is 0 Å². The van der Waals surface area contributed by atoms with Gasteiger partial charge in [0, 0.05) is 13.0 Å². The zero-order valence-electron chi connectivity index (χ0n) is 11.5. The van der Waals surface area contributed by atoms with Crippen molar-refractivity contribution in [2.75, 3.05) is 6.61 Å². The lowest BCUT2D eigenvalue weighted by Gasteiger charge is -2.06. The predicted molar refractivity (Wildman–Crippen MR) is 66.3 cm³/mol. The van der Waals surface area contributed by atoms with Gasteiger partial charge in [-0.1, -0.05) is 0 Å². The molecule has 0 saturated carbocycles. The SMILES string of the molecule is CCOC(=O)c1nn2cnn(CCCC(F)(F)F)c2nc1=O. The van der Waals surface area contributed by atoms with E-state index in [2.05, 4.69) is 19.9 Å². The molecule has 0 atom stereocenters. The number of fused-ring (bicyclic) bond motifs is 1. The van der Waals surface area contributed by atoms with Gasteiger partial charge in [0.2, 0.25) is 5.69 Å². The van der Waals surface area contributed by atoms with E-state index in [4.69, 9.17) is 0 Å². The van der Waals surface area contributed by atoms with Crippen LogP contribution >= 0.6 is 0 Å². The zero-order chi connectivity index (χ0) is 16.3.